The molecular weight excluding hydrogens is 338 g/mol. The van der Waals surface area contributed by atoms with Crippen molar-refractivity contribution in [3.63, 3.8) is 0 Å². The molecule has 1 aromatic heterocycles. The Morgan fingerprint density at radius 3 is 2.64 bits per heavy atom. The third kappa shape index (κ3) is 4.65. The Labute approximate surface area is 148 Å². The average molecular weight is 363 g/mol. The minimum Gasteiger partial charge on any atom is -0.297 e. The number of sulfonamides is 1. The van der Waals surface area contributed by atoms with Crippen LogP contribution in [0.25, 0.3) is 0 Å². The van der Waals surface area contributed by atoms with Crippen molar-refractivity contribution < 1.29 is 8.42 Å². The molecule has 0 unspecified atom stereocenters. The van der Waals surface area contributed by atoms with Crippen molar-refractivity contribution in [1.29, 1.82) is 0 Å². The second-order valence-corrected chi connectivity index (χ2v) is 8.28. The predicted octanol–water partition coefficient (Wildman–Crippen LogP) is 1.72. The van der Waals surface area contributed by atoms with Crippen molar-refractivity contribution >= 4 is 10.0 Å². The standard InChI is InChI=1S/C17H25N5O2S/c1-14(16-7-3-4-8-17(16)25(18,23)24)11-22-13-15(19-20-22)12-21-9-5-2-6-10-21/h3-4,7-8,13-14H,2,5-6,9-12H2,1H3,(H2,18,23,24)/t14-/m1/s1. The van der Waals surface area contributed by atoms with Crippen molar-refractivity contribution in [3.05, 3.63) is 41.7 Å². The minimum absolute atomic E-state index is 0.0425. The molecule has 0 bridgehead atoms. The van der Waals surface area contributed by atoms with Crippen LogP contribution in [0.15, 0.2) is 35.4 Å². The Morgan fingerprint density at radius 2 is 1.92 bits per heavy atom. The average Bonchev–Trinajstić information content (AvgIpc) is 3.02. The van der Waals surface area contributed by atoms with Crippen molar-refractivity contribution in [2.24, 2.45) is 5.14 Å². The van der Waals surface area contributed by atoms with Gasteiger partial charge < -0.3 is 0 Å². The van der Waals surface area contributed by atoms with Crippen molar-refractivity contribution in [2.45, 2.75) is 50.1 Å². The van der Waals surface area contributed by atoms with Gasteiger partial charge in [0.15, 0.2) is 0 Å². The number of rotatable bonds is 6. The van der Waals surface area contributed by atoms with Crippen LogP contribution in [0, 0.1) is 0 Å². The van der Waals surface area contributed by atoms with E-state index < -0.39 is 10.0 Å². The molecule has 0 saturated carbocycles. The van der Waals surface area contributed by atoms with Gasteiger partial charge in [-0.25, -0.2) is 13.6 Å². The summed E-state index contributed by atoms with van der Waals surface area (Å²) in [5, 5.41) is 13.8. The molecule has 1 fully saturated rings. The maximum Gasteiger partial charge on any atom is 0.238 e. The summed E-state index contributed by atoms with van der Waals surface area (Å²) in [5.41, 5.74) is 1.66. The second kappa shape index (κ2) is 7.63. The Kier molecular flexibility index (Phi) is 5.51. The Balaban J connectivity index is 1.69. The van der Waals surface area contributed by atoms with Crippen LogP contribution in [0.3, 0.4) is 0 Å². The molecule has 25 heavy (non-hydrogen) atoms. The first-order chi connectivity index (χ1) is 11.9. The van der Waals surface area contributed by atoms with Crippen molar-refractivity contribution in [3.8, 4) is 0 Å². The van der Waals surface area contributed by atoms with Gasteiger partial charge >= 0.3 is 0 Å². The third-order valence-corrected chi connectivity index (χ3v) is 5.62. The molecule has 0 spiro atoms. The fourth-order valence-electron chi connectivity index (χ4n) is 3.37. The molecule has 0 aliphatic carbocycles. The Hall–Kier alpha value is -1.77. The maximum atomic E-state index is 11.8. The largest absolute Gasteiger partial charge is 0.297 e. The zero-order valence-electron chi connectivity index (χ0n) is 14.5. The van der Waals surface area contributed by atoms with Crippen LogP contribution in [0.4, 0.5) is 0 Å². The SMILES string of the molecule is C[C@H](Cn1cc(CN2CCCCC2)nn1)c1ccccc1S(N)(=O)=O. The molecule has 2 N–H and O–H groups in total. The van der Waals surface area contributed by atoms with Crippen molar-refractivity contribution in [1.82, 2.24) is 19.9 Å². The summed E-state index contributed by atoms with van der Waals surface area (Å²) in [6, 6.07) is 6.85. The lowest BCUT2D eigenvalue weighted by Crippen LogP contribution is -2.29. The molecule has 1 aliphatic rings. The summed E-state index contributed by atoms with van der Waals surface area (Å²) in [4.78, 5) is 2.58. The molecule has 2 heterocycles. The van der Waals surface area contributed by atoms with E-state index in [0.717, 1.165) is 25.3 Å². The highest BCUT2D eigenvalue weighted by Crippen LogP contribution is 2.24. The van der Waals surface area contributed by atoms with Crippen LogP contribution in [0.5, 0.6) is 0 Å². The molecule has 0 radical (unpaired) electrons. The number of benzene rings is 1. The quantitative estimate of drug-likeness (QED) is 0.843. The van der Waals surface area contributed by atoms with E-state index >= 15 is 0 Å². The summed E-state index contributed by atoms with van der Waals surface area (Å²) < 4.78 is 25.3. The maximum absolute atomic E-state index is 11.8. The third-order valence-electron chi connectivity index (χ3n) is 4.64. The number of likely N-dealkylation sites (tertiary alicyclic amines) is 1. The van der Waals surface area contributed by atoms with Gasteiger partial charge in [-0.1, -0.05) is 36.8 Å². The van der Waals surface area contributed by atoms with Crippen LogP contribution in [0.2, 0.25) is 0 Å². The highest BCUT2D eigenvalue weighted by atomic mass is 32.2. The van der Waals surface area contributed by atoms with Gasteiger partial charge in [0.05, 0.1) is 10.6 Å². The number of aromatic nitrogens is 3. The van der Waals surface area contributed by atoms with Gasteiger partial charge in [-0.2, -0.15) is 0 Å². The molecular formula is C17H25N5O2S. The van der Waals surface area contributed by atoms with E-state index in [4.69, 9.17) is 5.14 Å². The van der Waals surface area contributed by atoms with Gasteiger partial charge in [0.2, 0.25) is 10.0 Å². The Morgan fingerprint density at radius 1 is 1.20 bits per heavy atom. The zero-order valence-corrected chi connectivity index (χ0v) is 15.3. The lowest BCUT2D eigenvalue weighted by atomic mass is 10.0. The fourth-order valence-corrected chi connectivity index (χ4v) is 4.24. The van der Waals surface area contributed by atoms with Gasteiger partial charge in [0.1, 0.15) is 0 Å². The monoisotopic (exact) mass is 363 g/mol. The highest BCUT2D eigenvalue weighted by Gasteiger charge is 2.19. The predicted molar refractivity (Wildman–Crippen MR) is 95.4 cm³/mol. The lowest BCUT2D eigenvalue weighted by Gasteiger charge is -2.25. The number of nitrogens with zero attached hydrogens (tertiary/aromatic N) is 4. The summed E-state index contributed by atoms with van der Waals surface area (Å²) in [6.45, 7) is 5.58. The fraction of sp³-hybridized carbons (Fsp3) is 0.529. The van der Waals surface area contributed by atoms with E-state index in [1.165, 1.54) is 19.3 Å². The molecule has 1 saturated heterocycles. The van der Waals surface area contributed by atoms with E-state index in [1.54, 1.807) is 22.9 Å². The summed E-state index contributed by atoms with van der Waals surface area (Å²) >= 11 is 0. The Bertz CT molecular complexity index is 812. The van der Waals surface area contributed by atoms with E-state index in [1.807, 2.05) is 19.2 Å². The normalized spacial score (nSPS) is 17.5. The molecule has 136 valence electrons. The van der Waals surface area contributed by atoms with Crippen LogP contribution >= 0.6 is 0 Å². The summed E-state index contributed by atoms with van der Waals surface area (Å²) in [7, 11) is -3.74. The first-order valence-electron chi connectivity index (χ1n) is 8.66. The lowest BCUT2D eigenvalue weighted by molar-refractivity contribution is 0.218. The number of primary sulfonamides is 1. The molecule has 3 rings (SSSR count). The van der Waals surface area contributed by atoms with Gasteiger partial charge in [0.25, 0.3) is 0 Å². The van der Waals surface area contributed by atoms with E-state index in [0.29, 0.717) is 12.1 Å². The van der Waals surface area contributed by atoms with Gasteiger partial charge in [-0.05, 0) is 37.6 Å². The van der Waals surface area contributed by atoms with Gasteiger partial charge in [-0.15, -0.1) is 5.10 Å². The molecule has 0 amide bonds. The summed E-state index contributed by atoms with van der Waals surface area (Å²) in [5.74, 6) is -0.0425. The van der Waals surface area contributed by atoms with Crippen molar-refractivity contribution in [2.75, 3.05) is 13.1 Å². The van der Waals surface area contributed by atoms with Crippen LogP contribution in [-0.4, -0.2) is 41.4 Å². The van der Waals surface area contributed by atoms with Crippen LogP contribution in [0.1, 0.15) is 43.4 Å². The minimum atomic E-state index is -3.74. The number of nitrogens with two attached hydrogens (primary N) is 1. The first-order valence-corrected chi connectivity index (χ1v) is 10.2. The van der Waals surface area contributed by atoms with Crippen LogP contribution in [-0.2, 0) is 23.1 Å². The number of piperidine rings is 1. The molecule has 2 aromatic rings. The second-order valence-electron chi connectivity index (χ2n) is 6.75. The number of hydrogen-bond acceptors (Lipinski definition) is 5. The molecule has 8 heteroatoms. The highest BCUT2D eigenvalue weighted by molar-refractivity contribution is 7.89. The topological polar surface area (TPSA) is 94.1 Å². The molecule has 1 atom stereocenters. The van der Waals surface area contributed by atoms with Crippen LogP contribution < -0.4 is 5.14 Å². The van der Waals surface area contributed by atoms with E-state index in [9.17, 15) is 8.42 Å². The first kappa shape index (κ1) is 18.0. The molecule has 1 aliphatic heterocycles. The number of hydrogen-bond donors (Lipinski definition) is 1. The molecule has 7 nitrogen and oxygen atoms in total. The zero-order chi connectivity index (χ0) is 17.9. The molecule has 1 aromatic carbocycles. The smallest absolute Gasteiger partial charge is 0.238 e. The van der Waals surface area contributed by atoms with Gasteiger partial charge in [0, 0.05) is 25.2 Å². The van der Waals surface area contributed by atoms with Gasteiger partial charge in [-0.3, -0.25) is 9.58 Å². The summed E-state index contributed by atoms with van der Waals surface area (Å²) in [6.07, 6.45) is 5.75. The van der Waals surface area contributed by atoms with E-state index in [-0.39, 0.29) is 10.8 Å². The van der Waals surface area contributed by atoms with E-state index in [2.05, 4.69) is 15.2 Å².